The summed E-state index contributed by atoms with van der Waals surface area (Å²) in [6.07, 6.45) is 0. The highest BCUT2D eigenvalue weighted by Gasteiger charge is 2.36. The average molecular weight is 413 g/mol. The SMILES string of the molecule is COC(=O)C1=C(C)N(c2cccc(C)c2)C(=S)N[C@@H]1c1ccc(O)c([N+](=O)[O-])c1. The number of thiocarbonyl (C=S) groups is 1. The van der Waals surface area contributed by atoms with Crippen LogP contribution in [0.3, 0.4) is 0 Å². The molecule has 3 rings (SSSR count). The molecule has 0 fully saturated rings. The molecule has 150 valence electrons. The second-order valence-corrected chi connectivity index (χ2v) is 6.94. The van der Waals surface area contributed by atoms with Gasteiger partial charge in [-0.15, -0.1) is 0 Å². The van der Waals surface area contributed by atoms with Crippen molar-refractivity contribution in [3.8, 4) is 5.75 Å². The van der Waals surface area contributed by atoms with Gasteiger partial charge in [0.1, 0.15) is 0 Å². The van der Waals surface area contributed by atoms with E-state index in [2.05, 4.69) is 5.32 Å². The number of esters is 1. The van der Waals surface area contributed by atoms with Crippen LogP contribution in [0.15, 0.2) is 53.7 Å². The van der Waals surface area contributed by atoms with Crippen molar-refractivity contribution in [3.05, 3.63) is 75.0 Å². The Hall–Kier alpha value is -3.46. The lowest BCUT2D eigenvalue weighted by molar-refractivity contribution is -0.385. The molecule has 0 saturated carbocycles. The van der Waals surface area contributed by atoms with Gasteiger partial charge in [0.25, 0.3) is 0 Å². The summed E-state index contributed by atoms with van der Waals surface area (Å²) in [5.41, 5.74) is 2.55. The Bertz CT molecular complexity index is 1050. The van der Waals surface area contributed by atoms with E-state index in [1.807, 2.05) is 31.2 Å². The van der Waals surface area contributed by atoms with E-state index < -0.39 is 28.4 Å². The monoisotopic (exact) mass is 413 g/mol. The van der Waals surface area contributed by atoms with Crippen molar-refractivity contribution in [3.63, 3.8) is 0 Å². The number of anilines is 1. The van der Waals surface area contributed by atoms with E-state index in [1.165, 1.54) is 25.3 Å². The summed E-state index contributed by atoms with van der Waals surface area (Å²) in [6.45, 7) is 3.69. The van der Waals surface area contributed by atoms with Gasteiger partial charge in [-0.05, 0) is 55.4 Å². The Balaban J connectivity index is 2.17. The van der Waals surface area contributed by atoms with Gasteiger partial charge in [-0.1, -0.05) is 18.2 Å². The van der Waals surface area contributed by atoms with Crippen LogP contribution in [0.4, 0.5) is 11.4 Å². The number of allylic oxidation sites excluding steroid dienone is 1. The molecule has 1 heterocycles. The van der Waals surface area contributed by atoms with Gasteiger partial charge in [0.05, 0.1) is 23.6 Å². The second kappa shape index (κ2) is 7.88. The zero-order valence-electron chi connectivity index (χ0n) is 16.0. The van der Waals surface area contributed by atoms with Gasteiger partial charge in [0, 0.05) is 17.5 Å². The quantitative estimate of drug-likeness (QED) is 0.340. The van der Waals surface area contributed by atoms with Crippen LogP contribution in [0.1, 0.15) is 24.1 Å². The summed E-state index contributed by atoms with van der Waals surface area (Å²) >= 11 is 5.54. The number of hydrogen-bond donors (Lipinski definition) is 2. The topological polar surface area (TPSA) is 105 Å². The molecule has 0 spiro atoms. The van der Waals surface area contributed by atoms with Crippen molar-refractivity contribution in [1.82, 2.24) is 5.32 Å². The predicted molar refractivity (Wildman–Crippen MR) is 112 cm³/mol. The third kappa shape index (κ3) is 3.77. The van der Waals surface area contributed by atoms with Crippen LogP contribution < -0.4 is 10.2 Å². The van der Waals surface area contributed by atoms with Gasteiger partial charge in [0.2, 0.25) is 0 Å². The van der Waals surface area contributed by atoms with Crippen molar-refractivity contribution in [1.29, 1.82) is 0 Å². The molecule has 0 radical (unpaired) electrons. The lowest BCUT2D eigenvalue weighted by Gasteiger charge is -2.37. The van der Waals surface area contributed by atoms with Crippen molar-refractivity contribution < 1.29 is 19.6 Å². The molecule has 1 aliphatic rings. The molecule has 0 bridgehead atoms. The molecule has 1 aliphatic heterocycles. The molecular formula is C20H19N3O5S. The van der Waals surface area contributed by atoms with Gasteiger partial charge in [0.15, 0.2) is 10.9 Å². The number of rotatable bonds is 4. The summed E-state index contributed by atoms with van der Waals surface area (Å²) < 4.78 is 4.97. The van der Waals surface area contributed by atoms with Gasteiger partial charge in [-0.3, -0.25) is 15.0 Å². The third-order valence-electron chi connectivity index (χ3n) is 4.68. The van der Waals surface area contributed by atoms with Gasteiger partial charge >= 0.3 is 11.7 Å². The lowest BCUT2D eigenvalue weighted by atomic mass is 9.94. The molecule has 0 saturated heterocycles. The summed E-state index contributed by atoms with van der Waals surface area (Å²) in [4.78, 5) is 24.9. The van der Waals surface area contributed by atoms with Crippen LogP contribution >= 0.6 is 12.2 Å². The Morgan fingerprint density at radius 2 is 2.00 bits per heavy atom. The van der Waals surface area contributed by atoms with Crippen LogP contribution in [0, 0.1) is 17.0 Å². The normalized spacial score (nSPS) is 16.4. The number of aromatic hydroxyl groups is 1. The minimum atomic E-state index is -0.768. The van der Waals surface area contributed by atoms with E-state index in [4.69, 9.17) is 17.0 Å². The number of phenols is 1. The first-order valence-corrected chi connectivity index (χ1v) is 9.09. The van der Waals surface area contributed by atoms with Crippen molar-refractivity contribution in [2.75, 3.05) is 12.0 Å². The maximum atomic E-state index is 12.6. The molecule has 8 nitrogen and oxygen atoms in total. The van der Waals surface area contributed by atoms with Gasteiger partial charge in [-0.2, -0.15) is 0 Å². The lowest BCUT2D eigenvalue weighted by Crippen LogP contribution is -2.48. The Kier molecular flexibility index (Phi) is 5.51. The number of nitrogens with one attached hydrogen (secondary N) is 1. The predicted octanol–water partition coefficient (Wildman–Crippen LogP) is 3.49. The molecule has 1 atom stereocenters. The van der Waals surface area contributed by atoms with Crippen molar-refractivity contribution in [2.24, 2.45) is 0 Å². The van der Waals surface area contributed by atoms with E-state index in [0.717, 1.165) is 11.3 Å². The number of phenolic OH excluding ortho intramolecular Hbond substituents is 1. The van der Waals surface area contributed by atoms with Crippen molar-refractivity contribution in [2.45, 2.75) is 19.9 Å². The molecular weight excluding hydrogens is 394 g/mol. The Morgan fingerprint density at radius 3 is 2.62 bits per heavy atom. The standard InChI is InChI=1S/C20H19N3O5S/c1-11-5-4-6-14(9-11)22-12(2)17(19(25)28-3)18(21-20(22)29)13-7-8-16(24)15(10-13)23(26)27/h4-10,18,24H,1-3H3,(H,21,29)/t18-/m1/s1. The van der Waals surface area contributed by atoms with Crippen LogP contribution in [0.25, 0.3) is 0 Å². The fourth-order valence-corrected chi connectivity index (χ4v) is 3.67. The van der Waals surface area contributed by atoms with Crippen LogP contribution in [0.5, 0.6) is 5.75 Å². The smallest absolute Gasteiger partial charge is 0.337 e. The number of nitro groups is 1. The number of methoxy groups -OCH3 is 1. The number of benzene rings is 2. The molecule has 0 aromatic heterocycles. The molecule has 2 aromatic rings. The molecule has 9 heteroatoms. The van der Waals surface area contributed by atoms with Crippen molar-refractivity contribution >= 4 is 34.7 Å². The average Bonchev–Trinajstić information content (AvgIpc) is 2.67. The third-order valence-corrected chi connectivity index (χ3v) is 4.98. The minimum absolute atomic E-state index is 0.266. The maximum absolute atomic E-state index is 12.6. The number of ether oxygens (including phenoxy) is 1. The van der Waals surface area contributed by atoms with E-state index >= 15 is 0 Å². The number of nitrogens with zero attached hydrogens (tertiary/aromatic N) is 2. The first kappa shape index (κ1) is 20.3. The Labute approximate surface area is 172 Å². The van der Waals surface area contributed by atoms with Crippen LogP contribution in [0.2, 0.25) is 0 Å². The van der Waals surface area contributed by atoms with Crippen LogP contribution in [-0.4, -0.2) is 28.2 Å². The first-order valence-electron chi connectivity index (χ1n) is 8.68. The maximum Gasteiger partial charge on any atom is 0.337 e. The van der Waals surface area contributed by atoms with Crippen LogP contribution in [-0.2, 0) is 9.53 Å². The highest BCUT2D eigenvalue weighted by Crippen LogP contribution is 2.37. The molecule has 2 N–H and O–H groups in total. The van der Waals surface area contributed by atoms with E-state index in [0.29, 0.717) is 16.4 Å². The molecule has 0 unspecified atom stereocenters. The first-order chi connectivity index (χ1) is 13.7. The summed E-state index contributed by atoms with van der Waals surface area (Å²) in [5.74, 6) is -1.05. The zero-order valence-corrected chi connectivity index (χ0v) is 16.8. The number of carbonyl (C=O) groups is 1. The number of aryl methyl sites for hydroxylation is 1. The molecule has 2 aromatic carbocycles. The molecule has 29 heavy (non-hydrogen) atoms. The highest BCUT2D eigenvalue weighted by molar-refractivity contribution is 7.80. The van der Waals surface area contributed by atoms with E-state index in [9.17, 15) is 20.0 Å². The minimum Gasteiger partial charge on any atom is -0.502 e. The molecule has 0 aliphatic carbocycles. The largest absolute Gasteiger partial charge is 0.502 e. The highest BCUT2D eigenvalue weighted by atomic mass is 32.1. The van der Waals surface area contributed by atoms with E-state index in [-0.39, 0.29) is 5.57 Å². The molecule has 0 amide bonds. The zero-order chi connectivity index (χ0) is 21.3. The number of nitro benzene ring substituents is 1. The van der Waals surface area contributed by atoms with E-state index in [1.54, 1.807) is 11.8 Å². The number of hydrogen-bond acceptors (Lipinski definition) is 6. The van der Waals surface area contributed by atoms with Gasteiger partial charge < -0.3 is 15.2 Å². The Morgan fingerprint density at radius 1 is 1.28 bits per heavy atom. The fourth-order valence-electron chi connectivity index (χ4n) is 3.31. The summed E-state index contributed by atoms with van der Waals surface area (Å²) in [5, 5.41) is 24.4. The second-order valence-electron chi connectivity index (χ2n) is 6.55. The fraction of sp³-hybridized carbons (Fsp3) is 0.200. The van der Waals surface area contributed by atoms with Gasteiger partial charge in [-0.25, -0.2) is 4.79 Å². The summed E-state index contributed by atoms with van der Waals surface area (Å²) in [7, 11) is 1.27. The summed E-state index contributed by atoms with van der Waals surface area (Å²) in [6, 6.07) is 10.8. The number of carbonyl (C=O) groups excluding carboxylic acids is 1.